The first kappa shape index (κ1) is 27.3. The Morgan fingerprint density at radius 3 is 2.50 bits per heavy atom. The zero-order valence-electron chi connectivity index (χ0n) is 21.8. The maximum absolute atomic E-state index is 13.4. The number of nitrogens with one attached hydrogen (secondary N) is 1. The fourth-order valence-electron chi connectivity index (χ4n) is 4.72. The van der Waals surface area contributed by atoms with E-state index in [2.05, 4.69) is 12.2 Å². The van der Waals surface area contributed by atoms with Gasteiger partial charge in [-0.15, -0.1) is 0 Å². The van der Waals surface area contributed by atoms with Crippen LogP contribution in [-0.2, 0) is 14.3 Å². The molecule has 1 aliphatic carbocycles. The second-order valence-electron chi connectivity index (χ2n) is 9.27. The lowest BCUT2D eigenvalue weighted by molar-refractivity contribution is -0.148. The van der Waals surface area contributed by atoms with E-state index in [-0.39, 0.29) is 23.7 Å². The number of benzene rings is 2. The Kier molecular flexibility index (Phi) is 10.9. The number of amides is 1. The summed E-state index contributed by atoms with van der Waals surface area (Å²) in [6.45, 7) is 3.25. The Morgan fingerprint density at radius 1 is 1.00 bits per heavy atom. The highest BCUT2D eigenvalue weighted by atomic mass is 16.5. The summed E-state index contributed by atoms with van der Waals surface area (Å²) in [5.41, 5.74) is 2.22. The molecular weight excluding hydrogens is 454 g/mol. The van der Waals surface area contributed by atoms with Crippen LogP contribution in [0.2, 0.25) is 0 Å². The van der Waals surface area contributed by atoms with Gasteiger partial charge in [0.15, 0.2) is 11.5 Å². The monoisotopic (exact) mass is 493 g/mol. The summed E-state index contributed by atoms with van der Waals surface area (Å²) >= 11 is 0. The molecule has 0 bridgehead atoms. The van der Waals surface area contributed by atoms with Crippen molar-refractivity contribution in [1.29, 1.82) is 0 Å². The Balaban J connectivity index is 1.79. The molecule has 6 heteroatoms. The number of rotatable bonds is 12. The Morgan fingerprint density at radius 2 is 1.78 bits per heavy atom. The van der Waals surface area contributed by atoms with E-state index in [4.69, 9.17) is 14.2 Å². The molecule has 0 radical (unpaired) electrons. The lowest BCUT2D eigenvalue weighted by Crippen LogP contribution is -2.37. The van der Waals surface area contributed by atoms with Crippen LogP contribution in [0.4, 0.5) is 0 Å². The van der Waals surface area contributed by atoms with Gasteiger partial charge in [-0.1, -0.05) is 69.0 Å². The molecule has 3 rings (SSSR count). The van der Waals surface area contributed by atoms with E-state index < -0.39 is 0 Å². The standard InChI is InChI=1S/C30H39NO5/c1-4-5-11-18-36-27-17-16-22(20-28(27)34-2)19-26(23-12-7-6-8-13-23)29(32)31-21-24-14-9-10-15-25(24)30(33)35-3/h6-8,12-13,16-17,19-20,24-25H,4-5,9-11,14-15,18,21H2,1-3H3,(H,31,32)/b26-19+. The number of methoxy groups -OCH3 is 2. The lowest BCUT2D eigenvalue weighted by atomic mass is 9.79. The summed E-state index contributed by atoms with van der Waals surface area (Å²) in [6, 6.07) is 15.3. The summed E-state index contributed by atoms with van der Waals surface area (Å²) in [6.07, 6.45) is 8.91. The van der Waals surface area contributed by atoms with Crippen molar-refractivity contribution in [2.75, 3.05) is 27.4 Å². The Hall–Kier alpha value is -3.28. The first-order chi connectivity index (χ1) is 17.6. The number of carbonyl (C=O) groups excluding carboxylic acids is 2. The van der Waals surface area contributed by atoms with Gasteiger partial charge in [0, 0.05) is 12.1 Å². The van der Waals surface area contributed by atoms with Crippen LogP contribution in [0.1, 0.15) is 63.0 Å². The van der Waals surface area contributed by atoms with Gasteiger partial charge in [-0.05, 0) is 54.5 Å². The molecule has 0 saturated heterocycles. The third kappa shape index (κ3) is 7.61. The predicted molar refractivity (Wildman–Crippen MR) is 143 cm³/mol. The average Bonchev–Trinajstić information content (AvgIpc) is 2.93. The third-order valence-electron chi connectivity index (χ3n) is 6.77. The van der Waals surface area contributed by atoms with E-state index in [0.29, 0.717) is 30.2 Å². The smallest absolute Gasteiger partial charge is 0.309 e. The van der Waals surface area contributed by atoms with E-state index in [9.17, 15) is 9.59 Å². The molecule has 2 aromatic rings. The summed E-state index contributed by atoms with van der Waals surface area (Å²) in [5.74, 6) is 0.892. The molecule has 6 nitrogen and oxygen atoms in total. The van der Waals surface area contributed by atoms with Gasteiger partial charge in [-0.3, -0.25) is 9.59 Å². The molecule has 36 heavy (non-hydrogen) atoms. The summed E-state index contributed by atoms with van der Waals surface area (Å²) < 4.78 is 16.5. The van der Waals surface area contributed by atoms with E-state index in [1.807, 2.05) is 54.6 Å². The highest BCUT2D eigenvalue weighted by Crippen LogP contribution is 2.32. The van der Waals surface area contributed by atoms with Gasteiger partial charge in [0.2, 0.25) is 0 Å². The number of hydrogen-bond acceptors (Lipinski definition) is 5. The second kappa shape index (κ2) is 14.3. The first-order valence-electron chi connectivity index (χ1n) is 13.0. The Labute approximate surface area is 215 Å². The molecule has 2 atom stereocenters. The van der Waals surface area contributed by atoms with Gasteiger partial charge in [0.25, 0.3) is 5.91 Å². The van der Waals surface area contributed by atoms with Crippen LogP contribution in [0.3, 0.4) is 0 Å². The van der Waals surface area contributed by atoms with Crippen LogP contribution in [0.5, 0.6) is 11.5 Å². The van der Waals surface area contributed by atoms with Crippen molar-refractivity contribution >= 4 is 23.5 Å². The van der Waals surface area contributed by atoms with E-state index in [1.165, 1.54) is 7.11 Å². The van der Waals surface area contributed by atoms with Crippen LogP contribution < -0.4 is 14.8 Å². The average molecular weight is 494 g/mol. The first-order valence-corrected chi connectivity index (χ1v) is 13.0. The topological polar surface area (TPSA) is 73.9 Å². The zero-order valence-corrected chi connectivity index (χ0v) is 21.8. The number of esters is 1. The van der Waals surface area contributed by atoms with Crippen molar-refractivity contribution < 1.29 is 23.8 Å². The van der Waals surface area contributed by atoms with Gasteiger partial charge in [-0.2, -0.15) is 0 Å². The van der Waals surface area contributed by atoms with Crippen molar-refractivity contribution in [3.63, 3.8) is 0 Å². The molecule has 0 aliphatic heterocycles. The molecule has 2 aromatic carbocycles. The molecule has 1 saturated carbocycles. The van der Waals surface area contributed by atoms with Crippen LogP contribution in [-0.4, -0.2) is 39.2 Å². The van der Waals surface area contributed by atoms with E-state index in [0.717, 1.165) is 56.1 Å². The van der Waals surface area contributed by atoms with E-state index in [1.54, 1.807) is 7.11 Å². The van der Waals surface area contributed by atoms with Gasteiger partial charge in [0.1, 0.15) is 0 Å². The van der Waals surface area contributed by atoms with Crippen LogP contribution >= 0.6 is 0 Å². The maximum atomic E-state index is 13.4. The highest BCUT2D eigenvalue weighted by molar-refractivity contribution is 6.24. The van der Waals surface area contributed by atoms with Crippen molar-refractivity contribution in [1.82, 2.24) is 5.32 Å². The normalized spacial score (nSPS) is 17.8. The van der Waals surface area contributed by atoms with Crippen LogP contribution in [0, 0.1) is 11.8 Å². The van der Waals surface area contributed by atoms with Crippen molar-refractivity contribution in [2.24, 2.45) is 11.8 Å². The number of carbonyl (C=O) groups is 2. The van der Waals surface area contributed by atoms with Gasteiger partial charge >= 0.3 is 5.97 Å². The number of hydrogen-bond donors (Lipinski definition) is 1. The largest absolute Gasteiger partial charge is 0.493 e. The minimum absolute atomic E-state index is 0.0800. The molecule has 0 spiro atoms. The summed E-state index contributed by atoms with van der Waals surface area (Å²) in [5, 5.41) is 3.09. The highest BCUT2D eigenvalue weighted by Gasteiger charge is 2.32. The molecule has 1 fully saturated rings. The third-order valence-corrected chi connectivity index (χ3v) is 6.77. The van der Waals surface area contributed by atoms with Gasteiger partial charge in [0.05, 0.1) is 26.7 Å². The van der Waals surface area contributed by atoms with Crippen molar-refractivity contribution in [3.05, 3.63) is 59.7 Å². The molecular formula is C30H39NO5. The fraction of sp³-hybridized carbons (Fsp3) is 0.467. The number of ether oxygens (including phenoxy) is 3. The van der Waals surface area contributed by atoms with Gasteiger partial charge in [-0.25, -0.2) is 0 Å². The van der Waals surface area contributed by atoms with Gasteiger partial charge < -0.3 is 19.5 Å². The van der Waals surface area contributed by atoms with E-state index >= 15 is 0 Å². The second-order valence-corrected chi connectivity index (χ2v) is 9.27. The molecule has 0 aromatic heterocycles. The summed E-state index contributed by atoms with van der Waals surface area (Å²) in [4.78, 5) is 25.6. The maximum Gasteiger partial charge on any atom is 0.309 e. The molecule has 1 aliphatic rings. The van der Waals surface area contributed by atoms with Crippen molar-refractivity contribution in [3.8, 4) is 11.5 Å². The Bertz CT molecular complexity index is 1020. The lowest BCUT2D eigenvalue weighted by Gasteiger charge is -2.29. The molecule has 1 N–H and O–H groups in total. The minimum atomic E-state index is -0.183. The molecule has 0 heterocycles. The molecule has 1 amide bonds. The quantitative estimate of drug-likeness (QED) is 0.172. The SMILES string of the molecule is CCCCCOc1ccc(/C=C(/C(=O)NCC2CCCCC2C(=O)OC)c2ccccc2)cc1OC. The zero-order chi connectivity index (χ0) is 25.8. The number of unbranched alkanes of at least 4 members (excludes halogenated alkanes) is 2. The fourth-order valence-corrected chi connectivity index (χ4v) is 4.72. The van der Waals surface area contributed by atoms with Crippen LogP contribution in [0.15, 0.2) is 48.5 Å². The predicted octanol–water partition coefficient (Wildman–Crippen LogP) is 5.90. The minimum Gasteiger partial charge on any atom is -0.493 e. The summed E-state index contributed by atoms with van der Waals surface area (Å²) in [7, 11) is 3.05. The van der Waals surface area contributed by atoms with Crippen LogP contribution in [0.25, 0.3) is 11.6 Å². The molecule has 194 valence electrons. The van der Waals surface area contributed by atoms with Crippen molar-refractivity contribution in [2.45, 2.75) is 51.9 Å². The molecule has 2 unspecified atom stereocenters.